The summed E-state index contributed by atoms with van der Waals surface area (Å²) in [5.74, 6) is 0.294. The average molecular weight is 282 g/mol. The fraction of sp³-hybridized carbons (Fsp3) is 0.533. The highest BCUT2D eigenvalue weighted by Gasteiger charge is 2.29. The van der Waals surface area contributed by atoms with Crippen LogP contribution >= 0.6 is 0 Å². The van der Waals surface area contributed by atoms with Crippen molar-refractivity contribution in [1.29, 1.82) is 0 Å². The summed E-state index contributed by atoms with van der Waals surface area (Å²) in [5, 5.41) is 9.08. The van der Waals surface area contributed by atoms with Crippen molar-refractivity contribution >= 4 is 5.97 Å². The molecule has 20 heavy (non-hydrogen) atoms. The Morgan fingerprint density at radius 3 is 2.30 bits per heavy atom. The Morgan fingerprint density at radius 1 is 1.20 bits per heavy atom. The first-order valence-corrected chi connectivity index (χ1v) is 6.31. The molecule has 1 aromatic carbocycles. The fourth-order valence-electron chi connectivity index (χ4n) is 2.25. The number of carboxylic acid groups (broad SMARTS) is 1. The molecule has 5 heteroatoms. The van der Waals surface area contributed by atoms with Gasteiger partial charge >= 0.3 is 5.97 Å². The van der Waals surface area contributed by atoms with Crippen LogP contribution in [0.3, 0.4) is 0 Å². The zero-order chi connectivity index (χ0) is 15.3. The topological polar surface area (TPSA) is 65.0 Å². The van der Waals surface area contributed by atoms with Gasteiger partial charge in [-0.1, -0.05) is 13.8 Å². The van der Waals surface area contributed by atoms with Crippen LogP contribution in [0.1, 0.15) is 31.4 Å². The minimum Gasteiger partial charge on any atom is -0.493 e. The van der Waals surface area contributed by atoms with Gasteiger partial charge in [0.25, 0.3) is 0 Å². The lowest BCUT2D eigenvalue weighted by molar-refractivity contribution is -0.138. The zero-order valence-corrected chi connectivity index (χ0v) is 12.6. The summed E-state index contributed by atoms with van der Waals surface area (Å²) >= 11 is 0. The quantitative estimate of drug-likeness (QED) is 0.832. The predicted octanol–water partition coefficient (Wildman–Crippen LogP) is 2.60. The van der Waals surface area contributed by atoms with Gasteiger partial charge in [0.1, 0.15) is 0 Å². The van der Waals surface area contributed by atoms with Crippen LogP contribution in [-0.4, -0.2) is 32.4 Å². The SMILES string of the molecule is COCc1cc(OC)c(OC)c(C(C)(C)CC(=O)O)c1. The number of hydrogen-bond acceptors (Lipinski definition) is 4. The number of aliphatic carboxylic acids is 1. The van der Waals surface area contributed by atoms with Crippen molar-refractivity contribution in [3.8, 4) is 11.5 Å². The molecule has 5 nitrogen and oxygen atoms in total. The summed E-state index contributed by atoms with van der Waals surface area (Å²) in [6.45, 7) is 4.17. The van der Waals surface area contributed by atoms with Gasteiger partial charge in [-0.05, 0) is 17.7 Å². The summed E-state index contributed by atoms with van der Waals surface area (Å²) < 4.78 is 15.9. The van der Waals surface area contributed by atoms with Crippen LogP contribution in [0.5, 0.6) is 11.5 Å². The van der Waals surface area contributed by atoms with Crippen molar-refractivity contribution in [3.05, 3.63) is 23.3 Å². The van der Waals surface area contributed by atoms with Crippen molar-refractivity contribution < 1.29 is 24.1 Å². The first-order valence-electron chi connectivity index (χ1n) is 6.31. The van der Waals surface area contributed by atoms with Gasteiger partial charge in [-0.3, -0.25) is 4.79 Å². The summed E-state index contributed by atoms with van der Waals surface area (Å²) in [6.07, 6.45) is 0.00293. The number of methoxy groups -OCH3 is 3. The van der Waals surface area contributed by atoms with Crippen LogP contribution in [0.25, 0.3) is 0 Å². The monoisotopic (exact) mass is 282 g/mol. The molecular weight excluding hydrogens is 260 g/mol. The molecular formula is C15H22O5. The first kappa shape index (κ1) is 16.3. The van der Waals surface area contributed by atoms with E-state index in [1.807, 2.05) is 26.0 Å². The van der Waals surface area contributed by atoms with E-state index in [0.717, 1.165) is 11.1 Å². The van der Waals surface area contributed by atoms with Gasteiger partial charge in [0.15, 0.2) is 11.5 Å². The Balaban J connectivity index is 3.40. The third-order valence-electron chi connectivity index (χ3n) is 3.17. The molecule has 0 saturated heterocycles. The van der Waals surface area contributed by atoms with Gasteiger partial charge in [0.05, 0.1) is 27.2 Å². The molecule has 0 amide bonds. The number of carboxylic acids is 1. The van der Waals surface area contributed by atoms with Gasteiger partial charge in [0, 0.05) is 18.1 Å². The van der Waals surface area contributed by atoms with Crippen LogP contribution in [0.15, 0.2) is 12.1 Å². The van der Waals surface area contributed by atoms with Crippen molar-refractivity contribution in [2.75, 3.05) is 21.3 Å². The van der Waals surface area contributed by atoms with E-state index in [9.17, 15) is 4.79 Å². The van der Waals surface area contributed by atoms with E-state index in [1.165, 1.54) is 0 Å². The number of carbonyl (C=O) groups is 1. The van der Waals surface area contributed by atoms with Crippen molar-refractivity contribution in [1.82, 2.24) is 0 Å². The number of rotatable bonds is 7. The van der Waals surface area contributed by atoms with E-state index < -0.39 is 11.4 Å². The summed E-state index contributed by atoms with van der Waals surface area (Å²) in [7, 11) is 4.72. The Labute approximate surface area is 119 Å². The maximum absolute atomic E-state index is 11.1. The van der Waals surface area contributed by atoms with E-state index in [-0.39, 0.29) is 6.42 Å². The molecule has 1 N–H and O–H groups in total. The predicted molar refractivity (Wildman–Crippen MR) is 75.5 cm³/mol. The maximum atomic E-state index is 11.1. The molecule has 0 aromatic heterocycles. The lowest BCUT2D eigenvalue weighted by Crippen LogP contribution is -2.23. The van der Waals surface area contributed by atoms with Crippen molar-refractivity contribution in [2.24, 2.45) is 0 Å². The molecule has 0 radical (unpaired) electrons. The molecule has 1 aromatic rings. The lowest BCUT2D eigenvalue weighted by atomic mass is 9.80. The van der Waals surface area contributed by atoms with Gasteiger partial charge in [-0.25, -0.2) is 0 Å². The summed E-state index contributed by atoms with van der Waals surface area (Å²) in [5.41, 5.74) is 1.14. The lowest BCUT2D eigenvalue weighted by Gasteiger charge is -2.27. The molecule has 0 aliphatic carbocycles. The van der Waals surface area contributed by atoms with Crippen molar-refractivity contribution in [3.63, 3.8) is 0 Å². The Hall–Kier alpha value is -1.75. The third-order valence-corrected chi connectivity index (χ3v) is 3.17. The Kier molecular flexibility index (Phi) is 5.39. The van der Waals surface area contributed by atoms with E-state index in [1.54, 1.807) is 21.3 Å². The highest BCUT2D eigenvalue weighted by Crippen LogP contribution is 2.41. The zero-order valence-electron chi connectivity index (χ0n) is 12.6. The van der Waals surface area contributed by atoms with Crippen LogP contribution < -0.4 is 9.47 Å². The Bertz CT molecular complexity index is 479. The van der Waals surface area contributed by atoms with Crippen molar-refractivity contribution in [2.45, 2.75) is 32.3 Å². The number of hydrogen-bond donors (Lipinski definition) is 1. The normalized spacial score (nSPS) is 11.2. The second-order valence-corrected chi connectivity index (χ2v) is 5.27. The van der Waals surface area contributed by atoms with E-state index in [2.05, 4.69) is 0 Å². The number of ether oxygens (including phenoxy) is 3. The van der Waals surface area contributed by atoms with Gasteiger partial charge in [0.2, 0.25) is 0 Å². The van der Waals surface area contributed by atoms with Gasteiger partial charge in [-0.15, -0.1) is 0 Å². The minimum atomic E-state index is -0.854. The molecule has 0 aliphatic heterocycles. The molecule has 0 atom stereocenters. The summed E-state index contributed by atoms with van der Waals surface area (Å²) in [4.78, 5) is 11.1. The molecule has 0 spiro atoms. The highest BCUT2D eigenvalue weighted by atomic mass is 16.5. The van der Waals surface area contributed by atoms with Gasteiger partial charge in [-0.2, -0.15) is 0 Å². The molecule has 112 valence electrons. The minimum absolute atomic E-state index is 0.00293. The van der Waals surface area contributed by atoms with Gasteiger partial charge < -0.3 is 19.3 Å². The van der Waals surface area contributed by atoms with Crippen LogP contribution in [0, 0.1) is 0 Å². The summed E-state index contributed by atoms with van der Waals surface area (Å²) in [6, 6.07) is 3.75. The van der Waals surface area contributed by atoms with E-state index in [0.29, 0.717) is 18.1 Å². The maximum Gasteiger partial charge on any atom is 0.304 e. The van der Waals surface area contributed by atoms with E-state index in [4.69, 9.17) is 19.3 Å². The number of benzene rings is 1. The first-order chi connectivity index (χ1) is 9.35. The standard InChI is InChI=1S/C15H22O5/c1-15(2,8-13(16)17)11-6-10(9-18-3)7-12(19-4)14(11)20-5/h6-7H,8-9H2,1-5H3,(H,16,17). The molecule has 0 unspecified atom stereocenters. The Morgan fingerprint density at radius 2 is 1.85 bits per heavy atom. The average Bonchev–Trinajstić information content (AvgIpc) is 2.36. The van der Waals surface area contributed by atoms with Crippen LogP contribution in [0.2, 0.25) is 0 Å². The fourth-order valence-corrected chi connectivity index (χ4v) is 2.25. The second-order valence-electron chi connectivity index (χ2n) is 5.27. The molecule has 0 fully saturated rings. The van der Waals surface area contributed by atoms with Crippen LogP contribution in [-0.2, 0) is 21.6 Å². The van der Waals surface area contributed by atoms with E-state index >= 15 is 0 Å². The highest BCUT2D eigenvalue weighted by molar-refractivity contribution is 5.69. The molecule has 0 aliphatic rings. The second kappa shape index (κ2) is 6.61. The largest absolute Gasteiger partial charge is 0.493 e. The molecule has 0 bridgehead atoms. The molecule has 1 rings (SSSR count). The smallest absolute Gasteiger partial charge is 0.304 e. The van der Waals surface area contributed by atoms with Crippen LogP contribution in [0.4, 0.5) is 0 Å². The molecule has 0 heterocycles. The third kappa shape index (κ3) is 3.63. The molecule has 0 saturated carbocycles.